The average molecular weight is 383 g/mol. The molecular weight excluding hydrogens is 352 g/mol. The minimum Gasteiger partial charge on any atom is -0.466 e. The lowest BCUT2D eigenvalue weighted by atomic mass is 10.2. The fraction of sp³-hybridized carbons (Fsp3) is 0.579. The fourth-order valence-electron chi connectivity index (χ4n) is 1.97. The van der Waals surface area contributed by atoms with Crippen molar-refractivity contribution < 1.29 is 28.6 Å². The van der Waals surface area contributed by atoms with E-state index in [0.29, 0.717) is 0 Å². The number of hydrogen-bond acceptors (Lipinski definition) is 6. The normalized spacial score (nSPS) is 14.4. The van der Waals surface area contributed by atoms with Crippen LogP contribution in [0.5, 0.6) is 0 Å². The highest BCUT2D eigenvalue weighted by molar-refractivity contribution is 6.74. The Bertz CT molecular complexity index is 608. The van der Waals surface area contributed by atoms with Crippen molar-refractivity contribution in [2.24, 2.45) is 0 Å². The fourth-order valence-corrected chi connectivity index (χ4v) is 3.27. The molecule has 1 aromatic rings. The summed E-state index contributed by atoms with van der Waals surface area (Å²) in [7, 11) is -2.56. The molecule has 0 aliphatic carbocycles. The highest BCUT2D eigenvalue weighted by atomic mass is 28.4. The number of carbonyl (C=O) groups excluding carboxylic acids is 2. The number of ether oxygens (including phenoxy) is 2. The lowest BCUT2D eigenvalue weighted by Crippen LogP contribution is -2.55. The van der Waals surface area contributed by atoms with Crippen LogP contribution < -0.4 is 0 Å². The molecule has 1 rings (SSSR count). The molecule has 1 N–H and O–H groups in total. The maximum absolute atomic E-state index is 12.6. The number of esters is 2. The van der Waals surface area contributed by atoms with E-state index in [1.807, 2.05) is 52.1 Å². The van der Waals surface area contributed by atoms with Gasteiger partial charge in [-0.3, -0.25) is 4.79 Å². The van der Waals surface area contributed by atoms with Crippen molar-refractivity contribution in [2.45, 2.75) is 64.6 Å². The third kappa shape index (κ3) is 6.23. The SMILES string of the molecule is CCOC(=O)CC(O)(O[Si](C)(C)C(C)(C)C)C(=O)OCc1ccccc1. The first kappa shape index (κ1) is 22.3. The largest absolute Gasteiger partial charge is 0.466 e. The molecule has 0 amide bonds. The Hall–Kier alpha value is -1.70. The maximum atomic E-state index is 12.6. The van der Waals surface area contributed by atoms with Crippen molar-refractivity contribution in [3.63, 3.8) is 0 Å². The molecule has 0 aliphatic heterocycles. The zero-order valence-corrected chi connectivity index (χ0v) is 17.5. The summed E-state index contributed by atoms with van der Waals surface area (Å²) in [5.41, 5.74) is 0.770. The highest BCUT2D eigenvalue weighted by Gasteiger charge is 2.50. The van der Waals surface area contributed by atoms with E-state index in [9.17, 15) is 14.7 Å². The maximum Gasteiger partial charge on any atom is 0.366 e. The van der Waals surface area contributed by atoms with Gasteiger partial charge in [-0.15, -0.1) is 0 Å². The van der Waals surface area contributed by atoms with Gasteiger partial charge in [-0.2, -0.15) is 0 Å². The number of benzene rings is 1. The smallest absolute Gasteiger partial charge is 0.366 e. The Morgan fingerprint density at radius 2 is 1.65 bits per heavy atom. The monoisotopic (exact) mass is 382 g/mol. The molecule has 0 aromatic heterocycles. The molecule has 0 bridgehead atoms. The molecule has 0 heterocycles. The second-order valence-corrected chi connectivity index (χ2v) is 12.4. The van der Waals surface area contributed by atoms with E-state index in [1.165, 1.54) is 0 Å². The summed E-state index contributed by atoms with van der Waals surface area (Å²) in [4.78, 5) is 24.5. The van der Waals surface area contributed by atoms with Gasteiger partial charge in [0.1, 0.15) is 13.0 Å². The van der Waals surface area contributed by atoms with Crippen LogP contribution in [0.15, 0.2) is 30.3 Å². The third-order valence-electron chi connectivity index (χ3n) is 4.45. The number of carbonyl (C=O) groups is 2. The van der Waals surface area contributed by atoms with Crippen LogP contribution in [0, 0.1) is 0 Å². The standard InChI is InChI=1S/C19H30O6Si/c1-7-23-16(20)13-19(22,25-26(5,6)18(2,3)4)17(21)24-14-15-11-9-8-10-12-15/h8-12,22H,7,13-14H2,1-6H3. The van der Waals surface area contributed by atoms with Gasteiger partial charge in [0.25, 0.3) is 5.79 Å². The molecule has 0 aliphatic rings. The van der Waals surface area contributed by atoms with Gasteiger partial charge in [-0.25, -0.2) is 4.79 Å². The minimum atomic E-state index is -2.56. The Balaban J connectivity index is 2.98. The minimum absolute atomic E-state index is 0.0222. The van der Waals surface area contributed by atoms with Crippen molar-refractivity contribution in [3.8, 4) is 0 Å². The molecule has 1 atom stereocenters. The molecule has 1 unspecified atom stereocenters. The van der Waals surface area contributed by atoms with Crippen molar-refractivity contribution in [1.29, 1.82) is 0 Å². The van der Waals surface area contributed by atoms with Crippen LogP contribution in [0.4, 0.5) is 0 Å². The Labute approximate surface area is 156 Å². The molecule has 0 fully saturated rings. The van der Waals surface area contributed by atoms with Crippen LogP contribution in [0.25, 0.3) is 0 Å². The summed E-state index contributed by atoms with van der Waals surface area (Å²) in [5, 5.41) is 10.6. The second kappa shape index (κ2) is 8.79. The van der Waals surface area contributed by atoms with Gasteiger partial charge in [-0.1, -0.05) is 51.1 Å². The summed E-state index contributed by atoms with van der Waals surface area (Å²) in [6.07, 6.45) is -0.610. The lowest BCUT2D eigenvalue weighted by Gasteiger charge is -2.41. The summed E-state index contributed by atoms with van der Waals surface area (Å²) in [5.74, 6) is -4.08. The van der Waals surface area contributed by atoms with Gasteiger partial charge in [0.2, 0.25) is 0 Å². The van der Waals surface area contributed by atoms with Crippen molar-refractivity contribution in [3.05, 3.63) is 35.9 Å². The summed E-state index contributed by atoms with van der Waals surface area (Å²) < 4.78 is 16.0. The van der Waals surface area contributed by atoms with E-state index in [2.05, 4.69) is 0 Å². The molecule has 7 heteroatoms. The van der Waals surface area contributed by atoms with Crippen molar-refractivity contribution in [2.75, 3.05) is 6.61 Å². The Morgan fingerprint density at radius 3 is 2.15 bits per heavy atom. The lowest BCUT2D eigenvalue weighted by molar-refractivity contribution is -0.211. The van der Waals surface area contributed by atoms with Crippen LogP contribution in [-0.2, 0) is 30.1 Å². The number of rotatable bonds is 8. The molecule has 6 nitrogen and oxygen atoms in total. The number of aliphatic hydroxyl groups is 1. The van der Waals surface area contributed by atoms with Crippen LogP contribution in [0.3, 0.4) is 0 Å². The first-order chi connectivity index (χ1) is 11.9. The zero-order chi connectivity index (χ0) is 20.0. The van der Waals surface area contributed by atoms with E-state index in [-0.39, 0.29) is 18.3 Å². The average Bonchev–Trinajstić information content (AvgIpc) is 2.52. The first-order valence-corrected chi connectivity index (χ1v) is 11.6. The molecule has 0 radical (unpaired) electrons. The predicted molar refractivity (Wildman–Crippen MR) is 101 cm³/mol. The van der Waals surface area contributed by atoms with Crippen molar-refractivity contribution in [1.82, 2.24) is 0 Å². The van der Waals surface area contributed by atoms with E-state index in [1.54, 1.807) is 19.1 Å². The van der Waals surface area contributed by atoms with Gasteiger partial charge < -0.3 is 19.0 Å². The molecular formula is C19H30O6Si. The highest BCUT2D eigenvalue weighted by Crippen LogP contribution is 2.39. The number of hydrogen-bond donors (Lipinski definition) is 1. The molecule has 26 heavy (non-hydrogen) atoms. The molecule has 146 valence electrons. The summed E-state index contributed by atoms with van der Waals surface area (Å²) in [6.45, 7) is 11.5. The predicted octanol–water partition coefficient (Wildman–Crippen LogP) is 3.39. The van der Waals surface area contributed by atoms with Crippen LogP contribution in [0.1, 0.15) is 39.7 Å². The molecule has 0 saturated carbocycles. The van der Waals surface area contributed by atoms with Gasteiger partial charge in [0.15, 0.2) is 8.32 Å². The van der Waals surface area contributed by atoms with Gasteiger partial charge in [0, 0.05) is 0 Å². The third-order valence-corrected chi connectivity index (χ3v) is 8.91. The van der Waals surface area contributed by atoms with Gasteiger partial charge >= 0.3 is 11.9 Å². The van der Waals surface area contributed by atoms with Gasteiger partial charge in [-0.05, 0) is 30.6 Å². The van der Waals surface area contributed by atoms with Crippen molar-refractivity contribution >= 4 is 20.3 Å². The van der Waals surface area contributed by atoms with Gasteiger partial charge in [0.05, 0.1) is 6.61 Å². The first-order valence-electron chi connectivity index (χ1n) is 8.70. The van der Waals surface area contributed by atoms with Crippen LogP contribution in [0.2, 0.25) is 18.1 Å². The van der Waals surface area contributed by atoms with Crippen LogP contribution >= 0.6 is 0 Å². The van der Waals surface area contributed by atoms with E-state index >= 15 is 0 Å². The topological polar surface area (TPSA) is 82.1 Å². The molecule has 0 saturated heterocycles. The van der Waals surface area contributed by atoms with E-state index in [0.717, 1.165) is 5.56 Å². The summed E-state index contributed by atoms with van der Waals surface area (Å²) in [6, 6.07) is 9.09. The Morgan fingerprint density at radius 1 is 1.08 bits per heavy atom. The molecule has 1 aromatic carbocycles. The van der Waals surface area contributed by atoms with E-state index in [4.69, 9.17) is 13.9 Å². The van der Waals surface area contributed by atoms with Crippen LogP contribution in [-0.4, -0.2) is 37.8 Å². The van der Waals surface area contributed by atoms with E-state index < -0.39 is 32.5 Å². The molecule has 0 spiro atoms. The summed E-state index contributed by atoms with van der Waals surface area (Å²) >= 11 is 0. The quantitative estimate of drug-likeness (QED) is 0.422. The zero-order valence-electron chi connectivity index (χ0n) is 16.5. The Kier molecular flexibility index (Phi) is 7.55. The second-order valence-electron chi connectivity index (χ2n) is 7.69.